The average molecular weight is 242 g/mol. The second kappa shape index (κ2) is 5.04. The lowest BCUT2D eigenvalue weighted by Gasteiger charge is -2.27. The summed E-state index contributed by atoms with van der Waals surface area (Å²) in [4.78, 5) is 0. The van der Waals surface area contributed by atoms with E-state index in [0.29, 0.717) is 16.9 Å². The topological polar surface area (TPSA) is 55.5 Å². The van der Waals surface area contributed by atoms with Gasteiger partial charge in [-0.2, -0.15) is 0 Å². The van der Waals surface area contributed by atoms with E-state index in [2.05, 4.69) is 0 Å². The third-order valence-electron chi connectivity index (χ3n) is 2.93. The van der Waals surface area contributed by atoms with Crippen LogP contribution in [0, 0.1) is 0 Å². The van der Waals surface area contributed by atoms with Crippen LogP contribution in [0.5, 0.6) is 5.75 Å². The zero-order valence-corrected chi connectivity index (χ0v) is 9.78. The van der Waals surface area contributed by atoms with Gasteiger partial charge in [0.15, 0.2) is 0 Å². The van der Waals surface area contributed by atoms with Crippen molar-refractivity contribution in [1.29, 1.82) is 0 Å². The molecule has 1 atom stereocenters. The number of ether oxygens (including phenoxy) is 1. The summed E-state index contributed by atoms with van der Waals surface area (Å²) < 4.78 is 5.71. The molecular formula is C12H16ClNO2. The fraction of sp³-hybridized carbons (Fsp3) is 0.500. The van der Waals surface area contributed by atoms with Gasteiger partial charge in [-0.1, -0.05) is 17.7 Å². The molecule has 1 aliphatic rings. The van der Waals surface area contributed by atoms with Gasteiger partial charge < -0.3 is 15.6 Å². The van der Waals surface area contributed by atoms with Crippen LogP contribution >= 0.6 is 11.6 Å². The molecule has 1 fully saturated rings. The van der Waals surface area contributed by atoms with Gasteiger partial charge in [0, 0.05) is 0 Å². The van der Waals surface area contributed by atoms with Crippen LogP contribution in [0.3, 0.4) is 0 Å². The van der Waals surface area contributed by atoms with Gasteiger partial charge in [0.25, 0.3) is 0 Å². The van der Waals surface area contributed by atoms with E-state index < -0.39 is 0 Å². The lowest BCUT2D eigenvalue weighted by Crippen LogP contribution is -2.24. The van der Waals surface area contributed by atoms with Crippen LogP contribution in [0.25, 0.3) is 0 Å². The summed E-state index contributed by atoms with van der Waals surface area (Å²) in [5.41, 5.74) is 6.53. The Labute approximate surface area is 100 Å². The molecule has 0 radical (unpaired) electrons. The first-order valence-electron chi connectivity index (χ1n) is 5.53. The van der Waals surface area contributed by atoms with Crippen LogP contribution in [0.2, 0.25) is 5.02 Å². The number of rotatable bonds is 4. The van der Waals surface area contributed by atoms with Gasteiger partial charge in [-0.25, -0.2) is 0 Å². The fourth-order valence-electron chi connectivity index (χ4n) is 1.62. The van der Waals surface area contributed by atoms with E-state index in [0.717, 1.165) is 18.4 Å². The highest BCUT2D eigenvalue weighted by atomic mass is 35.5. The van der Waals surface area contributed by atoms with Crippen molar-refractivity contribution >= 4 is 11.6 Å². The van der Waals surface area contributed by atoms with Crippen molar-refractivity contribution in [3.63, 3.8) is 0 Å². The summed E-state index contributed by atoms with van der Waals surface area (Å²) in [6.45, 7) is -0.0842. The number of hydrogen-bond acceptors (Lipinski definition) is 3. The molecule has 0 bridgehead atoms. The van der Waals surface area contributed by atoms with E-state index in [4.69, 9.17) is 27.2 Å². The van der Waals surface area contributed by atoms with Crippen molar-refractivity contribution in [2.45, 2.75) is 31.4 Å². The molecule has 0 aromatic heterocycles. The molecule has 0 spiro atoms. The quantitative estimate of drug-likeness (QED) is 0.850. The Morgan fingerprint density at radius 2 is 2.25 bits per heavy atom. The molecule has 1 aromatic rings. The predicted molar refractivity (Wildman–Crippen MR) is 63.7 cm³/mol. The monoisotopic (exact) mass is 241 g/mol. The second-order valence-electron chi connectivity index (χ2n) is 4.15. The molecule has 88 valence electrons. The number of halogens is 1. The molecule has 3 N–H and O–H groups in total. The van der Waals surface area contributed by atoms with Gasteiger partial charge >= 0.3 is 0 Å². The first-order chi connectivity index (χ1) is 7.70. The molecule has 0 heterocycles. The molecule has 1 saturated carbocycles. The van der Waals surface area contributed by atoms with Gasteiger partial charge in [-0.3, -0.25) is 0 Å². The Kier molecular flexibility index (Phi) is 3.69. The molecule has 0 saturated heterocycles. The average Bonchev–Trinajstić information content (AvgIpc) is 2.23. The van der Waals surface area contributed by atoms with Crippen LogP contribution < -0.4 is 10.5 Å². The normalized spacial score (nSPS) is 17.9. The Morgan fingerprint density at radius 1 is 1.50 bits per heavy atom. The van der Waals surface area contributed by atoms with Crippen molar-refractivity contribution in [3.05, 3.63) is 28.8 Å². The smallest absolute Gasteiger partial charge is 0.138 e. The third kappa shape index (κ3) is 2.48. The molecule has 1 aromatic carbocycles. The summed E-state index contributed by atoms with van der Waals surface area (Å²) in [7, 11) is 0. The molecule has 1 unspecified atom stereocenters. The lowest BCUT2D eigenvalue weighted by atomic mass is 9.96. The molecule has 0 aliphatic heterocycles. The predicted octanol–water partition coefficient (Wildman–Crippen LogP) is 2.26. The lowest BCUT2D eigenvalue weighted by molar-refractivity contribution is 0.120. The number of aliphatic hydroxyl groups excluding tert-OH is 1. The Bertz CT molecular complexity index is 366. The van der Waals surface area contributed by atoms with Crippen molar-refractivity contribution in [3.8, 4) is 5.75 Å². The first-order valence-corrected chi connectivity index (χ1v) is 5.91. The highest BCUT2D eigenvalue weighted by molar-refractivity contribution is 6.32. The highest BCUT2D eigenvalue weighted by Gasteiger charge is 2.20. The minimum Gasteiger partial charge on any atom is -0.489 e. The molecule has 2 rings (SSSR count). The summed E-state index contributed by atoms with van der Waals surface area (Å²) in [6, 6.07) is 5.05. The van der Waals surface area contributed by atoms with Gasteiger partial charge in [0.2, 0.25) is 0 Å². The first kappa shape index (κ1) is 11.7. The van der Waals surface area contributed by atoms with Gasteiger partial charge in [0.05, 0.1) is 23.8 Å². The van der Waals surface area contributed by atoms with Crippen molar-refractivity contribution in [1.82, 2.24) is 0 Å². The highest BCUT2D eigenvalue weighted by Crippen LogP contribution is 2.32. The van der Waals surface area contributed by atoms with Gasteiger partial charge in [0.1, 0.15) is 5.75 Å². The maximum atomic E-state index is 8.94. The van der Waals surface area contributed by atoms with E-state index in [9.17, 15) is 0 Å². The molecule has 0 amide bonds. The van der Waals surface area contributed by atoms with E-state index in [-0.39, 0.29) is 12.6 Å². The van der Waals surface area contributed by atoms with Crippen molar-refractivity contribution in [2.75, 3.05) is 6.61 Å². The van der Waals surface area contributed by atoms with Crippen LogP contribution in [0.4, 0.5) is 0 Å². The maximum Gasteiger partial charge on any atom is 0.138 e. The largest absolute Gasteiger partial charge is 0.489 e. The molecule has 4 heteroatoms. The number of nitrogens with two attached hydrogens (primary N) is 1. The molecule has 16 heavy (non-hydrogen) atoms. The summed E-state index contributed by atoms with van der Waals surface area (Å²) in [5.74, 6) is 0.709. The molecular weight excluding hydrogens is 226 g/mol. The minimum atomic E-state index is -0.379. The number of aliphatic hydroxyl groups is 1. The number of hydrogen-bond donors (Lipinski definition) is 2. The van der Waals surface area contributed by atoms with E-state index in [1.807, 2.05) is 12.1 Å². The SMILES string of the molecule is NC(CO)c1ccc(OC2CCC2)c(Cl)c1. The maximum absolute atomic E-state index is 8.94. The van der Waals surface area contributed by atoms with Crippen molar-refractivity contribution < 1.29 is 9.84 Å². The standard InChI is InChI=1S/C12H16ClNO2/c13-10-6-8(11(14)7-15)4-5-12(10)16-9-2-1-3-9/h4-6,9,11,15H,1-3,7,14H2. The Morgan fingerprint density at radius 3 is 2.75 bits per heavy atom. The third-order valence-corrected chi connectivity index (χ3v) is 3.22. The zero-order valence-electron chi connectivity index (χ0n) is 9.03. The van der Waals surface area contributed by atoms with Gasteiger partial charge in [-0.15, -0.1) is 0 Å². The van der Waals surface area contributed by atoms with Crippen LogP contribution in [0.1, 0.15) is 30.9 Å². The van der Waals surface area contributed by atoms with E-state index in [1.165, 1.54) is 6.42 Å². The minimum absolute atomic E-state index is 0.0842. The number of benzene rings is 1. The van der Waals surface area contributed by atoms with Crippen LogP contribution in [0.15, 0.2) is 18.2 Å². The Balaban J connectivity index is 2.09. The van der Waals surface area contributed by atoms with Gasteiger partial charge in [-0.05, 0) is 37.0 Å². The Hall–Kier alpha value is -0.770. The summed E-state index contributed by atoms with van der Waals surface area (Å²) in [5, 5.41) is 9.50. The van der Waals surface area contributed by atoms with Crippen molar-refractivity contribution in [2.24, 2.45) is 5.73 Å². The van der Waals surface area contributed by atoms with Crippen LogP contribution in [-0.2, 0) is 0 Å². The summed E-state index contributed by atoms with van der Waals surface area (Å²) in [6.07, 6.45) is 3.76. The van der Waals surface area contributed by atoms with E-state index in [1.54, 1.807) is 6.07 Å². The summed E-state index contributed by atoms with van der Waals surface area (Å²) >= 11 is 6.09. The molecule has 3 nitrogen and oxygen atoms in total. The van der Waals surface area contributed by atoms with E-state index >= 15 is 0 Å². The fourth-order valence-corrected chi connectivity index (χ4v) is 1.85. The molecule has 1 aliphatic carbocycles. The zero-order chi connectivity index (χ0) is 11.5. The van der Waals surface area contributed by atoms with Crippen LogP contribution in [-0.4, -0.2) is 17.8 Å². The second-order valence-corrected chi connectivity index (χ2v) is 4.56.